The number of amides is 1. The average molecular weight is 388 g/mol. The minimum atomic E-state index is -0.602. The summed E-state index contributed by atoms with van der Waals surface area (Å²) in [5, 5.41) is 3.74. The largest absolute Gasteiger partial charge is 0.491 e. The highest BCUT2D eigenvalue weighted by atomic mass is 35.5. The molecule has 0 aromatic heterocycles. The van der Waals surface area contributed by atoms with Gasteiger partial charge in [0.15, 0.2) is 0 Å². The van der Waals surface area contributed by atoms with E-state index in [1.54, 1.807) is 0 Å². The predicted octanol–water partition coefficient (Wildman–Crippen LogP) is 5.20. The summed E-state index contributed by atoms with van der Waals surface area (Å²) >= 11 is 6.03. The van der Waals surface area contributed by atoms with Crippen LogP contribution in [0, 0.1) is 0 Å². The Morgan fingerprint density at radius 2 is 1.78 bits per heavy atom. The number of anilines is 1. The maximum absolute atomic E-state index is 13.3. The Bertz CT molecular complexity index is 752. The van der Waals surface area contributed by atoms with Gasteiger partial charge in [-0.05, 0) is 68.1 Å². The van der Waals surface area contributed by atoms with E-state index in [9.17, 15) is 4.79 Å². The van der Waals surface area contributed by atoms with Gasteiger partial charge in [-0.25, -0.2) is 0 Å². The molecule has 4 nitrogen and oxygen atoms in total. The van der Waals surface area contributed by atoms with Crippen LogP contribution in [0.5, 0.6) is 5.75 Å². The van der Waals surface area contributed by atoms with E-state index < -0.39 is 5.41 Å². The van der Waals surface area contributed by atoms with Crippen molar-refractivity contribution in [1.82, 2.24) is 0 Å². The van der Waals surface area contributed by atoms with Crippen LogP contribution >= 0.6 is 11.6 Å². The second-order valence-electron chi connectivity index (χ2n) is 7.02. The molecule has 1 amide bonds. The average Bonchev–Trinajstić information content (AvgIpc) is 2.70. The van der Waals surface area contributed by atoms with Crippen molar-refractivity contribution in [3.63, 3.8) is 0 Å². The number of halogens is 1. The maximum Gasteiger partial charge on any atom is 0.235 e. The molecule has 0 saturated carbocycles. The zero-order valence-electron chi connectivity index (χ0n) is 15.8. The van der Waals surface area contributed by atoms with E-state index in [0.717, 1.165) is 23.4 Å². The molecule has 3 rings (SSSR count). The lowest BCUT2D eigenvalue weighted by Crippen LogP contribution is -2.44. The summed E-state index contributed by atoms with van der Waals surface area (Å²) < 4.78 is 11.3. The molecule has 27 heavy (non-hydrogen) atoms. The van der Waals surface area contributed by atoms with E-state index in [4.69, 9.17) is 21.1 Å². The molecule has 2 aromatic rings. The van der Waals surface area contributed by atoms with Gasteiger partial charge in [0.2, 0.25) is 5.91 Å². The van der Waals surface area contributed by atoms with Gasteiger partial charge in [-0.1, -0.05) is 30.7 Å². The minimum absolute atomic E-state index is 0.0104. The van der Waals surface area contributed by atoms with E-state index in [-0.39, 0.29) is 12.0 Å². The molecule has 1 aliphatic heterocycles. The van der Waals surface area contributed by atoms with Crippen molar-refractivity contribution < 1.29 is 14.3 Å². The highest BCUT2D eigenvalue weighted by Crippen LogP contribution is 2.36. The van der Waals surface area contributed by atoms with Crippen LogP contribution in [0.2, 0.25) is 5.02 Å². The first-order valence-corrected chi connectivity index (χ1v) is 9.83. The van der Waals surface area contributed by atoms with Gasteiger partial charge in [0.1, 0.15) is 5.75 Å². The van der Waals surface area contributed by atoms with Gasteiger partial charge < -0.3 is 14.8 Å². The highest BCUT2D eigenvalue weighted by molar-refractivity contribution is 6.30. The molecule has 5 heteroatoms. The van der Waals surface area contributed by atoms with Crippen LogP contribution in [0.1, 0.15) is 38.7 Å². The molecular formula is C22H26ClNO3. The van der Waals surface area contributed by atoms with Crippen LogP contribution in [-0.4, -0.2) is 25.2 Å². The van der Waals surface area contributed by atoms with Gasteiger partial charge in [-0.15, -0.1) is 0 Å². The summed E-state index contributed by atoms with van der Waals surface area (Å²) in [7, 11) is 0. The summed E-state index contributed by atoms with van der Waals surface area (Å²) in [4.78, 5) is 13.3. The first-order valence-electron chi connectivity index (χ1n) is 9.45. The van der Waals surface area contributed by atoms with Crippen molar-refractivity contribution in [3.8, 4) is 5.75 Å². The lowest BCUT2D eigenvalue weighted by atomic mass is 9.73. The topological polar surface area (TPSA) is 47.6 Å². The fourth-order valence-electron chi connectivity index (χ4n) is 3.32. The van der Waals surface area contributed by atoms with E-state index in [1.807, 2.05) is 55.5 Å². The van der Waals surface area contributed by atoms with Crippen molar-refractivity contribution in [2.45, 2.75) is 44.6 Å². The zero-order valence-corrected chi connectivity index (χ0v) is 16.6. The Labute approximate surface area is 165 Å². The van der Waals surface area contributed by atoms with E-state index in [2.05, 4.69) is 12.2 Å². The van der Waals surface area contributed by atoms with Gasteiger partial charge in [-0.3, -0.25) is 4.79 Å². The summed E-state index contributed by atoms with van der Waals surface area (Å²) in [6.07, 6.45) is 2.41. The van der Waals surface area contributed by atoms with Crippen LogP contribution in [0.15, 0.2) is 48.5 Å². The second kappa shape index (κ2) is 8.77. The molecule has 2 aromatic carbocycles. The van der Waals surface area contributed by atoms with E-state index in [1.165, 1.54) is 0 Å². The van der Waals surface area contributed by atoms with Crippen molar-refractivity contribution in [2.75, 3.05) is 18.5 Å². The van der Waals surface area contributed by atoms with Crippen LogP contribution in [0.3, 0.4) is 0 Å². The SMILES string of the molecule is CCC(C)Oc1ccc(NC(=O)C2(c3ccc(Cl)cc3)CCOCC2)cc1. The smallest absolute Gasteiger partial charge is 0.235 e. The fraction of sp³-hybridized carbons (Fsp3) is 0.409. The number of hydrogen-bond acceptors (Lipinski definition) is 3. The molecule has 144 valence electrons. The molecule has 1 aliphatic rings. The molecule has 0 bridgehead atoms. The predicted molar refractivity (Wildman–Crippen MR) is 109 cm³/mol. The number of carbonyl (C=O) groups excluding carboxylic acids is 1. The number of ether oxygens (including phenoxy) is 2. The van der Waals surface area contributed by atoms with Crippen molar-refractivity contribution in [2.24, 2.45) is 0 Å². The molecule has 1 fully saturated rings. The third-order valence-corrected chi connectivity index (χ3v) is 5.45. The van der Waals surface area contributed by atoms with Crippen molar-refractivity contribution in [3.05, 3.63) is 59.1 Å². The zero-order chi connectivity index (χ0) is 19.3. The quantitative estimate of drug-likeness (QED) is 0.740. The summed E-state index contributed by atoms with van der Waals surface area (Å²) in [5.41, 5.74) is 1.13. The van der Waals surface area contributed by atoms with Gasteiger partial charge in [0, 0.05) is 23.9 Å². The van der Waals surface area contributed by atoms with Gasteiger partial charge >= 0.3 is 0 Å². The summed E-state index contributed by atoms with van der Waals surface area (Å²) in [6.45, 7) is 5.26. The fourth-order valence-corrected chi connectivity index (χ4v) is 3.44. The molecule has 0 radical (unpaired) electrons. The van der Waals surface area contributed by atoms with Gasteiger partial charge in [0.25, 0.3) is 0 Å². The summed E-state index contributed by atoms with van der Waals surface area (Å²) in [5.74, 6) is 0.796. The Morgan fingerprint density at radius 3 is 2.37 bits per heavy atom. The number of carbonyl (C=O) groups is 1. The van der Waals surface area contributed by atoms with Gasteiger partial charge in [0.05, 0.1) is 11.5 Å². The molecule has 0 aliphatic carbocycles. The molecule has 1 atom stereocenters. The van der Waals surface area contributed by atoms with Crippen molar-refractivity contribution >= 4 is 23.2 Å². The molecule has 0 spiro atoms. The first kappa shape index (κ1) is 19.7. The maximum atomic E-state index is 13.3. The molecule has 1 saturated heterocycles. The third-order valence-electron chi connectivity index (χ3n) is 5.20. The van der Waals surface area contributed by atoms with Gasteiger partial charge in [-0.2, -0.15) is 0 Å². The van der Waals surface area contributed by atoms with Crippen LogP contribution in [0.25, 0.3) is 0 Å². The Hall–Kier alpha value is -2.04. The van der Waals surface area contributed by atoms with E-state index in [0.29, 0.717) is 31.1 Å². The Kier molecular flexibility index (Phi) is 6.40. The van der Waals surface area contributed by atoms with Crippen LogP contribution < -0.4 is 10.1 Å². The lowest BCUT2D eigenvalue weighted by molar-refractivity contribution is -0.125. The number of rotatable bonds is 6. The Balaban J connectivity index is 1.78. The van der Waals surface area contributed by atoms with Crippen LogP contribution in [-0.2, 0) is 14.9 Å². The summed E-state index contributed by atoms with van der Waals surface area (Å²) in [6, 6.07) is 15.1. The second-order valence-corrected chi connectivity index (χ2v) is 7.45. The molecule has 1 unspecified atom stereocenters. The number of hydrogen-bond donors (Lipinski definition) is 1. The highest BCUT2D eigenvalue weighted by Gasteiger charge is 2.41. The molecule has 1 heterocycles. The normalized spacial score (nSPS) is 17.1. The third kappa shape index (κ3) is 4.63. The minimum Gasteiger partial charge on any atom is -0.491 e. The molecular weight excluding hydrogens is 362 g/mol. The van der Waals surface area contributed by atoms with E-state index >= 15 is 0 Å². The number of nitrogens with one attached hydrogen (secondary N) is 1. The Morgan fingerprint density at radius 1 is 1.15 bits per heavy atom. The van der Waals surface area contributed by atoms with Crippen molar-refractivity contribution in [1.29, 1.82) is 0 Å². The monoisotopic (exact) mass is 387 g/mol. The molecule has 1 N–H and O–H groups in total. The lowest BCUT2D eigenvalue weighted by Gasteiger charge is -2.36. The first-order chi connectivity index (χ1) is 13.0. The van der Waals surface area contributed by atoms with Crippen LogP contribution in [0.4, 0.5) is 5.69 Å². The standard InChI is InChI=1S/C22H26ClNO3/c1-3-16(2)27-20-10-8-19(9-11-20)24-21(25)22(12-14-26-15-13-22)17-4-6-18(23)7-5-17/h4-11,16H,3,12-15H2,1-2H3,(H,24,25). The number of benzene rings is 2.